The Balaban J connectivity index is 0.00000192. The maximum atomic E-state index is 4.57. The van der Waals surface area contributed by atoms with Gasteiger partial charge in [-0.05, 0) is 38.2 Å². The number of piperidine rings is 1. The number of likely N-dealkylation sites (tertiary alicyclic amines) is 1. The Labute approximate surface area is 157 Å². The van der Waals surface area contributed by atoms with Crippen LogP contribution in [0.1, 0.15) is 38.2 Å². The van der Waals surface area contributed by atoms with Crippen molar-refractivity contribution >= 4 is 29.9 Å². The van der Waals surface area contributed by atoms with Crippen molar-refractivity contribution in [1.29, 1.82) is 0 Å². The van der Waals surface area contributed by atoms with E-state index in [1.54, 1.807) is 0 Å². The lowest BCUT2D eigenvalue weighted by molar-refractivity contribution is 0.198. The molecule has 128 valence electrons. The van der Waals surface area contributed by atoms with E-state index >= 15 is 0 Å². The summed E-state index contributed by atoms with van der Waals surface area (Å²) in [5.74, 6) is 1.02. The van der Waals surface area contributed by atoms with E-state index in [1.165, 1.54) is 31.2 Å². The van der Waals surface area contributed by atoms with Crippen molar-refractivity contribution in [3.63, 3.8) is 0 Å². The van der Waals surface area contributed by atoms with Crippen LogP contribution >= 0.6 is 24.0 Å². The quantitative estimate of drug-likeness (QED) is 0.431. The number of hydrogen-bond donors (Lipinski definition) is 2. The SMILES string of the molecule is CCN=C(NC1CC1)NC1CCN(Cc2ccccc2)CC1.I. The lowest BCUT2D eigenvalue weighted by Crippen LogP contribution is -2.49. The van der Waals surface area contributed by atoms with E-state index in [1.807, 2.05) is 0 Å². The van der Waals surface area contributed by atoms with Gasteiger partial charge in [-0.15, -0.1) is 24.0 Å². The molecule has 0 atom stereocenters. The van der Waals surface area contributed by atoms with Crippen LogP contribution < -0.4 is 10.6 Å². The summed E-state index contributed by atoms with van der Waals surface area (Å²) in [5.41, 5.74) is 1.41. The molecular weight excluding hydrogens is 399 g/mol. The van der Waals surface area contributed by atoms with Crippen LogP contribution in [-0.4, -0.2) is 42.6 Å². The van der Waals surface area contributed by atoms with Crippen LogP contribution in [0.3, 0.4) is 0 Å². The summed E-state index contributed by atoms with van der Waals surface area (Å²) in [6.45, 7) is 6.34. The molecule has 1 saturated heterocycles. The largest absolute Gasteiger partial charge is 0.354 e. The van der Waals surface area contributed by atoms with Crippen molar-refractivity contribution in [3.8, 4) is 0 Å². The summed E-state index contributed by atoms with van der Waals surface area (Å²) in [7, 11) is 0. The molecule has 0 bridgehead atoms. The van der Waals surface area contributed by atoms with Crippen LogP contribution in [0.25, 0.3) is 0 Å². The molecule has 2 aliphatic rings. The Morgan fingerprint density at radius 2 is 1.65 bits per heavy atom. The molecule has 1 aliphatic heterocycles. The number of halogens is 1. The molecular formula is C18H29IN4. The number of benzene rings is 1. The molecule has 2 fully saturated rings. The van der Waals surface area contributed by atoms with Crippen molar-refractivity contribution < 1.29 is 0 Å². The number of nitrogens with zero attached hydrogens (tertiary/aromatic N) is 2. The van der Waals surface area contributed by atoms with E-state index in [0.29, 0.717) is 12.1 Å². The summed E-state index contributed by atoms with van der Waals surface area (Å²) >= 11 is 0. The molecule has 1 saturated carbocycles. The topological polar surface area (TPSA) is 39.7 Å². The highest BCUT2D eigenvalue weighted by molar-refractivity contribution is 14.0. The van der Waals surface area contributed by atoms with Gasteiger partial charge in [0, 0.05) is 38.3 Å². The molecule has 0 radical (unpaired) electrons. The first-order valence-electron chi connectivity index (χ1n) is 8.67. The van der Waals surface area contributed by atoms with Crippen molar-refractivity contribution in [2.24, 2.45) is 4.99 Å². The number of nitrogens with one attached hydrogen (secondary N) is 2. The Morgan fingerprint density at radius 3 is 2.22 bits per heavy atom. The van der Waals surface area contributed by atoms with Gasteiger partial charge in [-0.25, -0.2) is 0 Å². The molecule has 1 heterocycles. The van der Waals surface area contributed by atoms with Crippen LogP contribution in [0.5, 0.6) is 0 Å². The Bertz CT molecular complexity index is 479. The van der Waals surface area contributed by atoms with Gasteiger partial charge in [-0.2, -0.15) is 0 Å². The van der Waals surface area contributed by atoms with Gasteiger partial charge in [0.25, 0.3) is 0 Å². The number of rotatable bonds is 5. The maximum absolute atomic E-state index is 4.57. The van der Waals surface area contributed by atoms with Gasteiger partial charge in [-0.3, -0.25) is 9.89 Å². The van der Waals surface area contributed by atoms with Gasteiger partial charge in [0.1, 0.15) is 0 Å². The molecule has 5 heteroatoms. The van der Waals surface area contributed by atoms with Crippen LogP contribution in [0.2, 0.25) is 0 Å². The molecule has 0 unspecified atom stereocenters. The third kappa shape index (κ3) is 6.30. The number of aliphatic imine (C=N–C) groups is 1. The highest BCUT2D eigenvalue weighted by atomic mass is 127. The minimum atomic E-state index is 0. The van der Waals surface area contributed by atoms with Crippen molar-refractivity contribution in [1.82, 2.24) is 15.5 Å². The highest BCUT2D eigenvalue weighted by Gasteiger charge is 2.24. The van der Waals surface area contributed by atoms with Crippen LogP contribution in [0, 0.1) is 0 Å². The molecule has 4 nitrogen and oxygen atoms in total. The predicted octanol–water partition coefficient (Wildman–Crippen LogP) is 2.99. The van der Waals surface area contributed by atoms with Crippen LogP contribution in [0.15, 0.2) is 35.3 Å². The zero-order valence-electron chi connectivity index (χ0n) is 14.0. The van der Waals surface area contributed by atoms with E-state index in [0.717, 1.165) is 32.1 Å². The van der Waals surface area contributed by atoms with Crippen molar-refractivity contribution in [3.05, 3.63) is 35.9 Å². The minimum absolute atomic E-state index is 0. The highest BCUT2D eigenvalue weighted by Crippen LogP contribution is 2.19. The second-order valence-corrected chi connectivity index (χ2v) is 6.42. The van der Waals surface area contributed by atoms with Gasteiger partial charge in [-0.1, -0.05) is 30.3 Å². The average Bonchev–Trinajstić information content (AvgIpc) is 3.35. The molecule has 3 rings (SSSR count). The second kappa shape index (κ2) is 9.47. The molecule has 0 aromatic heterocycles. The van der Waals surface area contributed by atoms with Crippen LogP contribution in [-0.2, 0) is 6.54 Å². The van der Waals surface area contributed by atoms with Crippen LogP contribution in [0.4, 0.5) is 0 Å². The van der Waals surface area contributed by atoms with Gasteiger partial charge in [0.05, 0.1) is 0 Å². The van der Waals surface area contributed by atoms with E-state index in [2.05, 4.69) is 57.8 Å². The van der Waals surface area contributed by atoms with Gasteiger partial charge in [0.15, 0.2) is 5.96 Å². The molecule has 1 aliphatic carbocycles. The van der Waals surface area contributed by atoms with E-state index < -0.39 is 0 Å². The van der Waals surface area contributed by atoms with Crippen molar-refractivity contribution in [2.45, 2.75) is 51.2 Å². The Morgan fingerprint density at radius 1 is 1.04 bits per heavy atom. The summed E-state index contributed by atoms with van der Waals surface area (Å²) in [5, 5.41) is 7.14. The molecule has 1 aromatic rings. The predicted molar refractivity (Wildman–Crippen MR) is 107 cm³/mol. The fourth-order valence-electron chi connectivity index (χ4n) is 2.98. The average molecular weight is 428 g/mol. The third-order valence-corrected chi connectivity index (χ3v) is 4.41. The Kier molecular flexibility index (Phi) is 7.62. The Hall–Kier alpha value is -0.820. The number of hydrogen-bond acceptors (Lipinski definition) is 2. The standard InChI is InChI=1S/C18H28N4.HI/c1-2-19-18(20-16-8-9-16)21-17-10-12-22(13-11-17)14-15-6-4-3-5-7-15;/h3-7,16-17H,2,8-14H2,1H3,(H2,19,20,21);1H. The lowest BCUT2D eigenvalue weighted by Gasteiger charge is -2.33. The van der Waals surface area contributed by atoms with Gasteiger partial charge in [0.2, 0.25) is 0 Å². The first-order chi connectivity index (χ1) is 10.8. The summed E-state index contributed by atoms with van der Waals surface area (Å²) in [6, 6.07) is 12.0. The second-order valence-electron chi connectivity index (χ2n) is 6.42. The smallest absolute Gasteiger partial charge is 0.191 e. The summed E-state index contributed by atoms with van der Waals surface area (Å²) in [6.07, 6.45) is 4.98. The summed E-state index contributed by atoms with van der Waals surface area (Å²) < 4.78 is 0. The van der Waals surface area contributed by atoms with Crippen molar-refractivity contribution in [2.75, 3.05) is 19.6 Å². The van der Waals surface area contributed by atoms with Gasteiger partial charge >= 0.3 is 0 Å². The maximum Gasteiger partial charge on any atom is 0.191 e. The monoisotopic (exact) mass is 428 g/mol. The van der Waals surface area contributed by atoms with E-state index in [-0.39, 0.29) is 24.0 Å². The fraction of sp³-hybridized carbons (Fsp3) is 0.611. The molecule has 0 spiro atoms. The lowest BCUT2D eigenvalue weighted by atomic mass is 10.0. The fourth-order valence-corrected chi connectivity index (χ4v) is 2.98. The zero-order chi connectivity index (χ0) is 15.2. The third-order valence-electron chi connectivity index (χ3n) is 4.41. The minimum Gasteiger partial charge on any atom is -0.354 e. The molecule has 0 amide bonds. The van der Waals surface area contributed by atoms with E-state index in [9.17, 15) is 0 Å². The molecule has 23 heavy (non-hydrogen) atoms. The molecule has 2 N–H and O–H groups in total. The van der Waals surface area contributed by atoms with Gasteiger partial charge < -0.3 is 10.6 Å². The summed E-state index contributed by atoms with van der Waals surface area (Å²) in [4.78, 5) is 7.12. The normalized spacial score (nSPS) is 20.0. The zero-order valence-corrected chi connectivity index (χ0v) is 16.3. The number of guanidine groups is 1. The first kappa shape index (κ1) is 18.5. The first-order valence-corrected chi connectivity index (χ1v) is 8.67. The van der Waals surface area contributed by atoms with E-state index in [4.69, 9.17) is 0 Å². The molecule has 1 aromatic carbocycles.